The van der Waals surface area contributed by atoms with E-state index in [0.29, 0.717) is 10.4 Å². The van der Waals surface area contributed by atoms with Crippen molar-refractivity contribution in [1.29, 1.82) is 0 Å². The summed E-state index contributed by atoms with van der Waals surface area (Å²) in [6, 6.07) is 8.48. The Balaban J connectivity index is 1.86. The second-order valence-corrected chi connectivity index (χ2v) is 5.54. The van der Waals surface area contributed by atoms with Crippen molar-refractivity contribution in [3.63, 3.8) is 0 Å². The van der Waals surface area contributed by atoms with Gasteiger partial charge in [0.1, 0.15) is 0 Å². The molecule has 1 aliphatic rings. The number of benzene rings is 1. The van der Waals surface area contributed by atoms with E-state index >= 15 is 0 Å². The maximum atomic E-state index is 11.5. The Kier molecular flexibility index (Phi) is 2.74. The Morgan fingerprint density at radius 2 is 2.11 bits per heavy atom. The summed E-state index contributed by atoms with van der Waals surface area (Å²) in [5, 5.41) is 0. The molecule has 0 aliphatic heterocycles. The number of hydrogen-bond donors (Lipinski definition) is 1. The molecule has 1 aliphatic carbocycles. The first-order chi connectivity index (χ1) is 8.65. The Labute approximate surface area is 113 Å². The van der Waals surface area contributed by atoms with Gasteiger partial charge in [-0.2, -0.15) is 0 Å². The van der Waals surface area contributed by atoms with Crippen molar-refractivity contribution in [2.45, 2.75) is 18.9 Å². The summed E-state index contributed by atoms with van der Waals surface area (Å²) < 4.78 is 2.51. The molecule has 92 valence electrons. The van der Waals surface area contributed by atoms with Gasteiger partial charge in [-0.3, -0.25) is 4.79 Å². The first-order valence-electron chi connectivity index (χ1n) is 5.88. The number of fused-ring (bicyclic) bond motifs is 1. The van der Waals surface area contributed by atoms with E-state index in [2.05, 4.69) is 40.2 Å². The minimum Gasteiger partial charge on any atom is -0.394 e. The highest BCUT2D eigenvalue weighted by atomic mass is 79.9. The van der Waals surface area contributed by atoms with Crippen molar-refractivity contribution in [2.24, 2.45) is 0 Å². The van der Waals surface area contributed by atoms with Crippen LogP contribution in [-0.4, -0.2) is 4.57 Å². The summed E-state index contributed by atoms with van der Waals surface area (Å²) in [5.74, 6) is 0.523. The lowest BCUT2D eigenvalue weighted by Gasteiger charge is -2.30. The predicted octanol–water partition coefficient (Wildman–Crippen LogP) is 2.53. The zero-order valence-corrected chi connectivity index (χ0v) is 11.4. The van der Waals surface area contributed by atoms with Crippen LogP contribution in [0.3, 0.4) is 0 Å². The van der Waals surface area contributed by atoms with Crippen LogP contribution in [0.25, 0.3) is 0 Å². The van der Waals surface area contributed by atoms with Gasteiger partial charge in [0, 0.05) is 24.9 Å². The zero-order valence-electron chi connectivity index (χ0n) is 9.77. The molecule has 2 aromatic rings. The topological polar surface area (TPSA) is 48.0 Å². The number of nitrogens with zero attached hydrogens (tertiary/aromatic N) is 1. The van der Waals surface area contributed by atoms with E-state index in [0.717, 1.165) is 13.0 Å². The summed E-state index contributed by atoms with van der Waals surface area (Å²) in [6.45, 7) is 0.861. The normalized spacial score (nSPS) is 17.1. The highest BCUT2D eigenvalue weighted by molar-refractivity contribution is 9.10. The molecule has 3 nitrogen and oxygen atoms in total. The molecule has 1 heterocycles. The van der Waals surface area contributed by atoms with Crippen LogP contribution in [0.1, 0.15) is 17.0 Å². The second-order valence-electron chi connectivity index (χ2n) is 4.69. The molecule has 1 atom stereocenters. The molecule has 0 amide bonds. The minimum absolute atomic E-state index is 0.139. The first kappa shape index (κ1) is 11.5. The molecule has 4 heteroatoms. The van der Waals surface area contributed by atoms with Gasteiger partial charge < -0.3 is 10.3 Å². The Bertz CT molecular complexity index is 637. The maximum Gasteiger partial charge on any atom is 0.218 e. The molecule has 1 aromatic carbocycles. The Morgan fingerprint density at radius 3 is 2.83 bits per heavy atom. The minimum atomic E-state index is -0.139. The second kappa shape index (κ2) is 4.28. The Morgan fingerprint density at radius 1 is 1.33 bits per heavy atom. The maximum absolute atomic E-state index is 11.5. The van der Waals surface area contributed by atoms with E-state index in [1.807, 2.05) is 4.57 Å². The molecule has 0 saturated carbocycles. The van der Waals surface area contributed by atoms with Crippen LogP contribution in [0, 0.1) is 0 Å². The van der Waals surface area contributed by atoms with Crippen LogP contribution in [0.2, 0.25) is 0 Å². The fraction of sp³-hybridized carbons (Fsp3) is 0.214. The molecule has 2 N–H and O–H groups in total. The van der Waals surface area contributed by atoms with Crippen molar-refractivity contribution in [1.82, 2.24) is 4.57 Å². The summed E-state index contributed by atoms with van der Waals surface area (Å²) in [5.41, 5.74) is 8.67. The quantitative estimate of drug-likeness (QED) is 0.927. The predicted molar refractivity (Wildman–Crippen MR) is 75.7 cm³/mol. The number of nitrogen functional groups attached to an aromatic ring is 1. The first-order valence-corrected chi connectivity index (χ1v) is 6.67. The van der Waals surface area contributed by atoms with Crippen molar-refractivity contribution < 1.29 is 0 Å². The van der Waals surface area contributed by atoms with Gasteiger partial charge in [-0.1, -0.05) is 24.3 Å². The van der Waals surface area contributed by atoms with Gasteiger partial charge in [0.2, 0.25) is 5.43 Å². The highest BCUT2D eigenvalue weighted by Gasteiger charge is 2.25. The van der Waals surface area contributed by atoms with Crippen molar-refractivity contribution >= 4 is 21.6 Å². The molecule has 0 fully saturated rings. The molecule has 0 spiro atoms. The number of hydrogen-bond acceptors (Lipinski definition) is 2. The molecular weight excluding hydrogens is 292 g/mol. The number of halogens is 1. The van der Waals surface area contributed by atoms with Crippen LogP contribution >= 0.6 is 15.9 Å². The van der Waals surface area contributed by atoms with E-state index in [4.69, 9.17) is 5.73 Å². The van der Waals surface area contributed by atoms with Gasteiger partial charge in [0.05, 0.1) is 10.2 Å². The van der Waals surface area contributed by atoms with Crippen LogP contribution < -0.4 is 11.2 Å². The van der Waals surface area contributed by atoms with Crippen molar-refractivity contribution in [2.75, 3.05) is 5.73 Å². The summed E-state index contributed by atoms with van der Waals surface area (Å²) in [6.07, 6.45) is 4.62. The molecule has 1 aromatic heterocycles. The van der Waals surface area contributed by atoms with Crippen molar-refractivity contribution in [3.8, 4) is 0 Å². The number of rotatable bonds is 2. The lowest BCUT2D eigenvalue weighted by molar-refractivity contribution is 0.506. The van der Waals surface area contributed by atoms with Gasteiger partial charge in [-0.15, -0.1) is 0 Å². The zero-order chi connectivity index (χ0) is 12.7. The largest absolute Gasteiger partial charge is 0.394 e. The lowest BCUT2D eigenvalue weighted by atomic mass is 9.77. The molecule has 18 heavy (non-hydrogen) atoms. The molecule has 3 rings (SSSR count). The van der Waals surface area contributed by atoms with Gasteiger partial charge in [-0.25, -0.2) is 0 Å². The molecule has 0 saturated heterocycles. The SMILES string of the molecule is Nc1cn(CC2Cc3ccccc32)cc(Br)c1=O. The lowest BCUT2D eigenvalue weighted by Crippen LogP contribution is -2.23. The molecule has 1 unspecified atom stereocenters. The van der Waals surface area contributed by atoms with E-state index in [9.17, 15) is 4.79 Å². The summed E-state index contributed by atoms with van der Waals surface area (Å²) in [7, 11) is 0. The number of anilines is 1. The van der Waals surface area contributed by atoms with Crippen LogP contribution in [0.15, 0.2) is 45.9 Å². The average molecular weight is 305 g/mol. The van der Waals surface area contributed by atoms with E-state index in [1.165, 1.54) is 11.1 Å². The fourth-order valence-corrected chi connectivity index (χ4v) is 2.99. The molecule has 0 radical (unpaired) electrons. The summed E-state index contributed by atoms with van der Waals surface area (Å²) >= 11 is 3.25. The van der Waals surface area contributed by atoms with Crippen LogP contribution in [-0.2, 0) is 13.0 Å². The monoisotopic (exact) mass is 304 g/mol. The molecular formula is C14H13BrN2O. The Hall–Kier alpha value is -1.55. The third-order valence-corrected chi connectivity index (χ3v) is 4.02. The van der Waals surface area contributed by atoms with Crippen molar-refractivity contribution in [3.05, 3.63) is 62.5 Å². The van der Waals surface area contributed by atoms with Gasteiger partial charge >= 0.3 is 0 Å². The van der Waals surface area contributed by atoms with Crippen LogP contribution in [0.4, 0.5) is 5.69 Å². The third kappa shape index (κ3) is 1.86. The van der Waals surface area contributed by atoms with Gasteiger partial charge in [-0.05, 0) is 33.5 Å². The summed E-state index contributed by atoms with van der Waals surface area (Å²) in [4.78, 5) is 11.5. The van der Waals surface area contributed by atoms with E-state index in [-0.39, 0.29) is 11.1 Å². The fourth-order valence-electron chi connectivity index (χ4n) is 2.50. The standard InChI is InChI=1S/C14H13BrN2O/c15-12-7-17(8-13(16)14(12)18)6-10-5-9-3-1-2-4-11(9)10/h1-4,7-8,10H,5-6,16H2. The number of nitrogens with two attached hydrogens (primary N) is 1. The van der Waals surface area contributed by atoms with Gasteiger partial charge in [0.15, 0.2) is 0 Å². The van der Waals surface area contributed by atoms with Gasteiger partial charge in [0.25, 0.3) is 0 Å². The third-order valence-electron chi connectivity index (χ3n) is 3.46. The van der Waals surface area contributed by atoms with E-state index in [1.54, 1.807) is 12.4 Å². The smallest absolute Gasteiger partial charge is 0.218 e. The average Bonchev–Trinajstić information content (AvgIpc) is 2.33. The number of pyridine rings is 1. The number of aromatic nitrogens is 1. The molecule has 0 bridgehead atoms. The van der Waals surface area contributed by atoms with E-state index < -0.39 is 0 Å². The highest BCUT2D eigenvalue weighted by Crippen LogP contribution is 2.35. The van der Waals surface area contributed by atoms with Crippen LogP contribution in [0.5, 0.6) is 0 Å².